The van der Waals surface area contributed by atoms with Gasteiger partial charge in [0.25, 0.3) is 0 Å². The lowest BCUT2D eigenvalue weighted by molar-refractivity contribution is -0.138. The molecule has 2 aromatic rings. The molecule has 0 amide bonds. The molecule has 0 saturated heterocycles. The van der Waals surface area contributed by atoms with Gasteiger partial charge < -0.3 is 4.74 Å². The Bertz CT molecular complexity index is 922. The Labute approximate surface area is 156 Å². The van der Waals surface area contributed by atoms with Crippen LogP contribution in [0.1, 0.15) is 11.1 Å². The van der Waals surface area contributed by atoms with Crippen molar-refractivity contribution in [1.82, 2.24) is 4.31 Å². The normalized spacial score (nSPS) is 11.9. The van der Waals surface area contributed by atoms with Gasteiger partial charge in [-0.2, -0.15) is 0 Å². The number of benzene rings is 2. The van der Waals surface area contributed by atoms with Crippen molar-refractivity contribution in [3.05, 3.63) is 70.5 Å². The minimum atomic E-state index is -3.57. The van der Waals surface area contributed by atoms with E-state index in [4.69, 9.17) is 16.3 Å². The summed E-state index contributed by atoms with van der Waals surface area (Å²) in [6, 6.07) is 10.3. The fourth-order valence-corrected chi connectivity index (χ4v) is 3.23. The van der Waals surface area contributed by atoms with Crippen LogP contribution in [0, 0.1) is 5.82 Å². The number of carbonyl (C=O) groups excluding carboxylic acids is 1. The highest BCUT2D eigenvalue weighted by Crippen LogP contribution is 2.20. The van der Waals surface area contributed by atoms with Gasteiger partial charge in [0.15, 0.2) is 0 Å². The second-order valence-electron chi connectivity index (χ2n) is 5.51. The monoisotopic (exact) mass is 397 g/mol. The molecule has 0 aliphatic carbocycles. The molecule has 2 rings (SSSR count). The summed E-state index contributed by atoms with van der Waals surface area (Å²) in [5, 5.41) is 0.177. The lowest BCUT2D eigenvalue weighted by Crippen LogP contribution is -2.22. The van der Waals surface area contributed by atoms with Gasteiger partial charge in [-0.3, -0.25) is 0 Å². The maximum atomic E-state index is 13.6. The number of halogens is 2. The Morgan fingerprint density at radius 3 is 2.58 bits per heavy atom. The molecular formula is C18H17ClFNO4S. The molecule has 0 saturated carbocycles. The van der Waals surface area contributed by atoms with Crippen LogP contribution in [-0.4, -0.2) is 32.8 Å². The molecule has 0 radical (unpaired) electrons. The molecule has 0 fully saturated rings. The molecule has 0 heterocycles. The Balaban J connectivity index is 2.05. The van der Waals surface area contributed by atoms with Gasteiger partial charge in [0.1, 0.15) is 12.4 Å². The Morgan fingerprint density at radius 1 is 1.23 bits per heavy atom. The summed E-state index contributed by atoms with van der Waals surface area (Å²) in [7, 11) is -0.709. The van der Waals surface area contributed by atoms with Gasteiger partial charge in [0.2, 0.25) is 10.0 Å². The van der Waals surface area contributed by atoms with E-state index >= 15 is 0 Å². The fraction of sp³-hybridized carbons (Fsp3) is 0.167. The Kier molecular flexibility index (Phi) is 6.52. The topological polar surface area (TPSA) is 63.7 Å². The van der Waals surface area contributed by atoms with Crippen molar-refractivity contribution in [2.75, 3.05) is 14.1 Å². The summed E-state index contributed by atoms with van der Waals surface area (Å²) in [5.41, 5.74) is 0.601. The first-order valence-electron chi connectivity index (χ1n) is 7.52. The van der Waals surface area contributed by atoms with Crippen LogP contribution in [0.2, 0.25) is 5.02 Å². The molecule has 8 heteroatoms. The third-order valence-corrected chi connectivity index (χ3v) is 5.58. The molecule has 26 heavy (non-hydrogen) atoms. The molecule has 0 atom stereocenters. The molecule has 0 spiro atoms. The lowest BCUT2D eigenvalue weighted by atomic mass is 10.2. The number of carbonyl (C=O) groups is 1. The molecule has 2 aromatic carbocycles. The molecule has 0 N–H and O–H groups in total. The largest absolute Gasteiger partial charge is 0.458 e. The predicted molar refractivity (Wildman–Crippen MR) is 97.6 cm³/mol. The average molecular weight is 398 g/mol. The van der Waals surface area contributed by atoms with Crippen molar-refractivity contribution in [1.29, 1.82) is 0 Å². The summed E-state index contributed by atoms with van der Waals surface area (Å²) >= 11 is 5.87. The van der Waals surface area contributed by atoms with Crippen molar-refractivity contribution in [3.8, 4) is 0 Å². The number of rotatable bonds is 6. The minimum absolute atomic E-state index is 0.0881. The standard InChI is InChI=1S/C18H17ClFNO4S/c1-21(2)26(23,24)14-6-3-5-13(11-14)12-25-18(22)10-9-15-16(19)7-4-8-17(15)20/h3-11H,12H2,1-2H3. The van der Waals surface area contributed by atoms with Crippen molar-refractivity contribution in [2.24, 2.45) is 0 Å². The first kappa shape index (κ1) is 20.1. The van der Waals surface area contributed by atoms with Crippen LogP contribution >= 0.6 is 11.6 Å². The van der Waals surface area contributed by atoms with E-state index in [0.29, 0.717) is 5.56 Å². The SMILES string of the molecule is CN(C)S(=O)(=O)c1cccc(COC(=O)C=Cc2c(F)cccc2Cl)c1. The van der Waals surface area contributed by atoms with Gasteiger partial charge in [0, 0.05) is 25.7 Å². The Morgan fingerprint density at radius 2 is 1.92 bits per heavy atom. The summed E-state index contributed by atoms with van der Waals surface area (Å²) in [4.78, 5) is 11.9. The number of hydrogen-bond acceptors (Lipinski definition) is 4. The smallest absolute Gasteiger partial charge is 0.331 e. The molecule has 0 aliphatic rings. The summed E-state index contributed by atoms with van der Waals surface area (Å²) < 4.78 is 44.0. The highest BCUT2D eigenvalue weighted by atomic mass is 35.5. The highest BCUT2D eigenvalue weighted by molar-refractivity contribution is 7.89. The van der Waals surface area contributed by atoms with Crippen molar-refractivity contribution < 1.29 is 22.3 Å². The van der Waals surface area contributed by atoms with Crippen LogP contribution in [0.25, 0.3) is 6.08 Å². The molecule has 138 valence electrons. The van der Waals surface area contributed by atoms with Gasteiger partial charge in [-0.15, -0.1) is 0 Å². The minimum Gasteiger partial charge on any atom is -0.458 e. The molecule has 5 nitrogen and oxygen atoms in total. The summed E-state index contributed by atoms with van der Waals surface area (Å²) in [5.74, 6) is -1.26. The maximum Gasteiger partial charge on any atom is 0.331 e. The van der Waals surface area contributed by atoms with Crippen molar-refractivity contribution in [2.45, 2.75) is 11.5 Å². The molecule has 0 unspecified atom stereocenters. The number of sulfonamides is 1. The number of hydrogen-bond donors (Lipinski definition) is 0. The quantitative estimate of drug-likeness (QED) is 0.553. The third kappa shape index (κ3) is 4.91. The van der Waals surface area contributed by atoms with E-state index in [2.05, 4.69) is 0 Å². The number of esters is 1. The van der Waals surface area contributed by atoms with Crippen LogP contribution in [0.3, 0.4) is 0 Å². The van der Waals surface area contributed by atoms with Gasteiger partial charge in [-0.1, -0.05) is 29.8 Å². The van der Waals surface area contributed by atoms with Gasteiger partial charge in [0.05, 0.1) is 9.92 Å². The van der Waals surface area contributed by atoms with Crippen LogP contribution in [-0.2, 0) is 26.2 Å². The lowest BCUT2D eigenvalue weighted by Gasteiger charge is -2.12. The zero-order chi connectivity index (χ0) is 19.3. The van der Waals surface area contributed by atoms with E-state index in [9.17, 15) is 17.6 Å². The van der Waals surface area contributed by atoms with Crippen LogP contribution in [0.5, 0.6) is 0 Å². The first-order chi connectivity index (χ1) is 12.2. The zero-order valence-corrected chi connectivity index (χ0v) is 15.7. The van der Waals surface area contributed by atoms with Gasteiger partial charge in [-0.05, 0) is 35.9 Å². The highest BCUT2D eigenvalue weighted by Gasteiger charge is 2.17. The van der Waals surface area contributed by atoms with E-state index in [-0.39, 0.29) is 22.1 Å². The fourth-order valence-electron chi connectivity index (χ4n) is 2.03. The maximum absolute atomic E-state index is 13.6. The summed E-state index contributed by atoms with van der Waals surface area (Å²) in [6.07, 6.45) is 2.29. The van der Waals surface area contributed by atoms with Crippen LogP contribution < -0.4 is 0 Å². The number of nitrogens with zero attached hydrogens (tertiary/aromatic N) is 1. The second-order valence-corrected chi connectivity index (χ2v) is 8.07. The van der Waals surface area contributed by atoms with E-state index in [1.807, 2.05) is 0 Å². The molecule has 0 aromatic heterocycles. The predicted octanol–water partition coefficient (Wildman–Crippen LogP) is 3.49. The first-order valence-corrected chi connectivity index (χ1v) is 9.34. The molecular weight excluding hydrogens is 381 g/mol. The van der Waals surface area contributed by atoms with Crippen LogP contribution in [0.4, 0.5) is 4.39 Å². The van der Waals surface area contributed by atoms with E-state index in [1.165, 1.54) is 50.5 Å². The van der Waals surface area contributed by atoms with E-state index in [1.54, 1.807) is 12.1 Å². The van der Waals surface area contributed by atoms with Gasteiger partial charge >= 0.3 is 5.97 Å². The molecule has 0 bridgehead atoms. The Hall–Kier alpha value is -2.22. The third-order valence-electron chi connectivity index (χ3n) is 3.44. The van der Waals surface area contributed by atoms with E-state index in [0.717, 1.165) is 10.4 Å². The van der Waals surface area contributed by atoms with Crippen molar-refractivity contribution >= 4 is 33.7 Å². The summed E-state index contributed by atoms with van der Waals surface area (Å²) in [6.45, 7) is -0.120. The van der Waals surface area contributed by atoms with Crippen molar-refractivity contribution in [3.63, 3.8) is 0 Å². The zero-order valence-electron chi connectivity index (χ0n) is 14.1. The van der Waals surface area contributed by atoms with Gasteiger partial charge in [-0.25, -0.2) is 21.9 Å². The average Bonchev–Trinajstić information content (AvgIpc) is 2.59. The molecule has 0 aliphatic heterocycles. The van der Waals surface area contributed by atoms with Crippen LogP contribution in [0.15, 0.2) is 53.4 Å². The van der Waals surface area contributed by atoms with E-state index < -0.39 is 21.8 Å². The second kappa shape index (κ2) is 8.44. The number of ether oxygens (including phenoxy) is 1.